The summed E-state index contributed by atoms with van der Waals surface area (Å²) in [6.45, 7) is 4.11. The van der Waals surface area contributed by atoms with Crippen molar-refractivity contribution >= 4 is 33.2 Å². The van der Waals surface area contributed by atoms with Crippen LogP contribution in [-0.2, 0) is 9.59 Å². The molecule has 3 rings (SSSR count). The van der Waals surface area contributed by atoms with Gasteiger partial charge in [0.15, 0.2) is 0 Å². The van der Waals surface area contributed by atoms with Gasteiger partial charge in [-0.3, -0.25) is 9.59 Å². The van der Waals surface area contributed by atoms with Gasteiger partial charge in [-0.25, -0.2) is 0 Å². The molecule has 1 aromatic heterocycles. The molecule has 1 aromatic carbocycles. The van der Waals surface area contributed by atoms with Crippen molar-refractivity contribution in [2.45, 2.75) is 51.0 Å². The second kappa shape index (κ2) is 9.99. The summed E-state index contributed by atoms with van der Waals surface area (Å²) in [5.74, 6) is -0.521. The Morgan fingerprint density at radius 3 is 2.83 bits per heavy atom. The van der Waals surface area contributed by atoms with Crippen molar-refractivity contribution in [3.63, 3.8) is 0 Å². The Balaban J connectivity index is 1.54. The summed E-state index contributed by atoms with van der Waals surface area (Å²) in [5.41, 5.74) is 0.975. The van der Waals surface area contributed by atoms with Crippen LogP contribution >= 0.6 is 11.3 Å². The predicted octanol–water partition coefficient (Wildman–Crippen LogP) is 5.68. The van der Waals surface area contributed by atoms with E-state index in [1.165, 1.54) is 4.70 Å². The van der Waals surface area contributed by atoms with Crippen LogP contribution < -0.4 is 0 Å². The maximum atomic E-state index is 12.4. The number of carbonyl (C=O) groups excluding carboxylic acids is 1. The summed E-state index contributed by atoms with van der Waals surface area (Å²) in [7, 11) is 0. The van der Waals surface area contributed by atoms with E-state index in [-0.39, 0.29) is 24.0 Å². The Morgan fingerprint density at radius 2 is 2.07 bits per heavy atom. The van der Waals surface area contributed by atoms with Crippen molar-refractivity contribution in [2.24, 2.45) is 11.8 Å². The lowest BCUT2D eigenvalue weighted by molar-refractivity contribution is -0.137. The number of carboxylic acid groups (broad SMARTS) is 1. The van der Waals surface area contributed by atoms with Crippen LogP contribution in [0.3, 0.4) is 0 Å². The molecule has 1 aliphatic carbocycles. The second-order valence-electron chi connectivity index (χ2n) is 7.79. The topological polar surface area (TPSA) is 74.6 Å². The number of carboxylic acids is 1. The molecule has 2 aromatic rings. The van der Waals surface area contributed by atoms with Crippen LogP contribution in [0.15, 0.2) is 54.6 Å². The van der Waals surface area contributed by atoms with E-state index in [0.29, 0.717) is 32.1 Å². The third-order valence-electron chi connectivity index (χ3n) is 5.67. The number of aliphatic hydroxyl groups excluding tert-OH is 1. The fourth-order valence-corrected chi connectivity index (χ4v) is 5.16. The summed E-state index contributed by atoms with van der Waals surface area (Å²) in [6, 6.07) is 10.2. The molecule has 0 spiro atoms. The average Bonchev–Trinajstić information content (AvgIpc) is 3.23. The van der Waals surface area contributed by atoms with Gasteiger partial charge < -0.3 is 10.2 Å². The fraction of sp³-hybridized carbons (Fsp3) is 0.417. The van der Waals surface area contributed by atoms with E-state index in [4.69, 9.17) is 5.11 Å². The Labute approximate surface area is 175 Å². The molecule has 0 bridgehead atoms. The molecule has 1 saturated carbocycles. The molecule has 4 nitrogen and oxygen atoms in total. The van der Waals surface area contributed by atoms with Gasteiger partial charge in [-0.1, -0.05) is 42.5 Å². The first-order valence-electron chi connectivity index (χ1n) is 10.2. The lowest BCUT2D eigenvalue weighted by Crippen LogP contribution is -2.15. The van der Waals surface area contributed by atoms with Gasteiger partial charge >= 0.3 is 5.97 Å². The zero-order valence-corrected chi connectivity index (χ0v) is 17.4. The number of unbranched alkanes of at least 4 members (excludes halogenated alkanes) is 1. The van der Waals surface area contributed by atoms with Crippen molar-refractivity contribution in [3.05, 3.63) is 59.5 Å². The van der Waals surface area contributed by atoms with E-state index >= 15 is 0 Å². The Hall–Kier alpha value is -2.24. The summed E-state index contributed by atoms with van der Waals surface area (Å²) >= 11 is 1.62. The van der Waals surface area contributed by atoms with Crippen molar-refractivity contribution in [1.29, 1.82) is 0 Å². The van der Waals surface area contributed by atoms with Gasteiger partial charge in [0.25, 0.3) is 0 Å². The highest BCUT2D eigenvalue weighted by molar-refractivity contribution is 7.19. The number of thiophene rings is 1. The number of aliphatic hydroxyl groups is 1. The maximum Gasteiger partial charge on any atom is 0.303 e. The van der Waals surface area contributed by atoms with Crippen LogP contribution in [0, 0.1) is 11.8 Å². The first-order valence-corrected chi connectivity index (χ1v) is 11.0. The molecule has 29 heavy (non-hydrogen) atoms. The quantitative estimate of drug-likeness (QED) is 0.389. The Morgan fingerprint density at radius 1 is 1.28 bits per heavy atom. The average molecular weight is 413 g/mol. The summed E-state index contributed by atoms with van der Waals surface area (Å²) in [5, 5.41) is 20.5. The number of ketones is 1. The molecule has 0 aliphatic heterocycles. The molecule has 3 atom stereocenters. The Bertz CT molecular complexity index is 877. The number of aliphatic carboxylic acids is 1. The first-order chi connectivity index (χ1) is 14.0. The third kappa shape index (κ3) is 5.64. The minimum absolute atomic E-state index is 0.0761. The highest BCUT2D eigenvalue weighted by Gasteiger charge is 2.36. The molecule has 1 aliphatic rings. The predicted molar refractivity (Wildman–Crippen MR) is 117 cm³/mol. The molecule has 154 valence electrons. The highest BCUT2D eigenvalue weighted by atomic mass is 32.1. The molecule has 0 amide bonds. The van der Waals surface area contributed by atoms with Crippen LogP contribution in [0.5, 0.6) is 0 Å². The van der Waals surface area contributed by atoms with E-state index in [1.807, 2.05) is 24.3 Å². The minimum atomic E-state index is -0.780. The van der Waals surface area contributed by atoms with Crippen LogP contribution in [0.2, 0.25) is 0 Å². The molecule has 0 radical (unpaired) electrons. The SMILES string of the molecule is C=C1CC(=O)[C@H](CC=CCCCC(=O)O)[C@H]1CC[C@@H](O)c1cc2ccccc2s1. The number of rotatable bonds is 10. The highest BCUT2D eigenvalue weighted by Crippen LogP contribution is 2.40. The van der Waals surface area contributed by atoms with Crippen LogP contribution in [0.25, 0.3) is 10.1 Å². The maximum absolute atomic E-state index is 12.4. The van der Waals surface area contributed by atoms with Crippen LogP contribution in [0.4, 0.5) is 0 Å². The second-order valence-corrected chi connectivity index (χ2v) is 8.90. The largest absolute Gasteiger partial charge is 0.481 e. The lowest BCUT2D eigenvalue weighted by atomic mass is 9.86. The molecular formula is C24H28O4S. The standard InChI is InChI=1S/C24H28O4S/c1-16-14-21(26)19(9-4-2-3-5-11-24(27)28)18(16)12-13-20(25)23-15-17-8-6-7-10-22(17)29-23/h2,4,6-8,10,15,18-20,25H,1,3,5,9,11-14H2,(H,27,28)/t18-,19+,20+/m0/s1. The molecule has 0 saturated heterocycles. The summed E-state index contributed by atoms with van der Waals surface area (Å²) < 4.78 is 1.17. The summed E-state index contributed by atoms with van der Waals surface area (Å²) in [6.07, 6.45) is 7.39. The third-order valence-corrected chi connectivity index (χ3v) is 6.88. The van der Waals surface area contributed by atoms with E-state index in [2.05, 4.69) is 24.8 Å². The Kier molecular flexibility index (Phi) is 7.40. The van der Waals surface area contributed by atoms with Gasteiger partial charge in [0.05, 0.1) is 6.10 Å². The zero-order valence-electron chi connectivity index (χ0n) is 16.5. The van der Waals surface area contributed by atoms with Gasteiger partial charge in [-0.2, -0.15) is 0 Å². The number of hydrogen-bond acceptors (Lipinski definition) is 4. The van der Waals surface area contributed by atoms with Crippen LogP contribution in [-0.4, -0.2) is 22.0 Å². The minimum Gasteiger partial charge on any atom is -0.481 e. The van der Waals surface area contributed by atoms with E-state index in [9.17, 15) is 14.7 Å². The van der Waals surface area contributed by atoms with Crippen molar-refractivity contribution in [3.8, 4) is 0 Å². The number of benzene rings is 1. The fourth-order valence-electron chi connectivity index (χ4n) is 4.07. The van der Waals surface area contributed by atoms with E-state index in [1.54, 1.807) is 11.3 Å². The number of carbonyl (C=O) groups is 2. The van der Waals surface area contributed by atoms with E-state index < -0.39 is 12.1 Å². The number of allylic oxidation sites excluding steroid dienone is 3. The van der Waals surface area contributed by atoms with Crippen molar-refractivity contribution < 1.29 is 19.8 Å². The molecule has 5 heteroatoms. The monoisotopic (exact) mass is 412 g/mol. The molecule has 1 heterocycles. The molecule has 1 fully saturated rings. The number of hydrogen-bond donors (Lipinski definition) is 2. The van der Waals surface area contributed by atoms with Crippen molar-refractivity contribution in [2.75, 3.05) is 0 Å². The smallest absolute Gasteiger partial charge is 0.303 e. The van der Waals surface area contributed by atoms with E-state index in [0.717, 1.165) is 22.3 Å². The van der Waals surface area contributed by atoms with Gasteiger partial charge in [0.1, 0.15) is 5.78 Å². The lowest BCUT2D eigenvalue weighted by Gasteiger charge is -2.19. The first kappa shape index (κ1) is 21.5. The van der Waals surface area contributed by atoms with Gasteiger partial charge in [0, 0.05) is 28.3 Å². The van der Waals surface area contributed by atoms with Crippen LogP contribution in [0.1, 0.15) is 55.9 Å². The van der Waals surface area contributed by atoms with Gasteiger partial charge in [-0.15, -0.1) is 11.3 Å². The zero-order chi connectivity index (χ0) is 20.8. The molecular weight excluding hydrogens is 384 g/mol. The number of Topliss-reactive ketones (excluding diaryl/α,β-unsaturated/α-hetero) is 1. The van der Waals surface area contributed by atoms with Crippen molar-refractivity contribution in [1.82, 2.24) is 0 Å². The summed E-state index contributed by atoms with van der Waals surface area (Å²) in [4.78, 5) is 23.9. The normalized spacial score (nSPS) is 20.7. The van der Waals surface area contributed by atoms with Gasteiger partial charge in [0.2, 0.25) is 0 Å². The molecule has 0 unspecified atom stereocenters. The number of fused-ring (bicyclic) bond motifs is 1. The van der Waals surface area contributed by atoms with Gasteiger partial charge in [-0.05, 0) is 55.5 Å². The molecule has 2 N–H and O–H groups in total.